The molecule has 0 saturated heterocycles. The van der Waals surface area contributed by atoms with Gasteiger partial charge in [0.25, 0.3) is 0 Å². The van der Waals surface area contributed by atoms with Crippen molar-refractivity contribution in [1.29, 1.82) is 0 Å². The summed E-state index contributed by atoms with van der Waals surface area (Å²) in [5.74, 6) is 7.15. The molecule has 0 bridgehead atoms. The second kappa shape index (κ2) is 5.45. The van der Waals surface area contributed by atoms with Crippen LogP contribution in [-0.4, -0.2) is 23.2 Å². The molecule has 0 radical (unpaired) electrons. The number of aromatic nitrogens is 2. The van der Waals surface area contributed by atoms with E-state index in [4.69, 9.17) is 9.40 Å². The van der Waals surface area contributed by atoms with Crippen LogP contribution in [0.2, 0.25) is 17.3 Å². The van der Waals surface area contributed by atoms with Crippen LogP contribution in [0.15, 0.2) is 53.2 Å². The van der Waals surface area contributed by atoms with Crippen LogP contribution in [0.1, 0.15) is 5.69 Å². The molecule has 3 heterocycles. The molecule has 4 rings (SSSR count). The summed E-state index contributed by atoms with van der Waals surface area (Å²) in [7, 11) is 0. The van der Waals surface area contributed by atoms with Gasteiger partial charge in [-0.05, 0) is 0 Å². The van der Waals surface area contributed by atoms with E-state index in [-0.39, 0.29) is 0 Å². The average molecular weight is 377 g/mol. The molecule has 0 aliphatic heterocycles. The first-order valence-corrected chi connectivity index (χ1v) is 15.5. The van der Waals surface area contributed by atoms with E-state index in [1.807, 2.05) is 25.3 Å². The zero-order valence-corrected chi connectivity index (χ0v) is 16.5. The molecule has 0 spiro atoms. The van der Waals surface area contributed by atoms with E-state index in [1.54, 1.807) is 0 Å². The van der Waals surface area contributed by atoms with Crippen LogP contribution in [0.25, 0.3) is 33.2 Å². The van der Waals surface area contributed by atoms with Gasteiger partial charge in [0.1, 0.15) is 0 Å². The SMILES string of the molecule is Cc1cc2oc3ccc(-c4cc[c]([Ge]([CH3])([CH3])[CH3])cn4)cc3c2cn1. The Morgan fingerprint density at radius 2 is 1.67 bits per heavy atom. The Hall–Kier alpha value is -2.14. The van der Waals surface area contributed by atoms with Crippen LogP contribution in [-0.2, 0) is 0 Å². The third kappa shape index (κ3) is 2.63. The maximum atomic E-state index is 5.94. The van der Waals surface area contributed by atoms with E-state index >= 15 is 0 Å². The topological polar surface area (TPSA) is 38.9 Å². The molecule has 0 amide bonds. The Bertz CT molecular complexity index is 1040. The van der Waals surface area contributed by atoms with Crippen LogP contribution >= 0.6 is 0 Å². The summed E-state index contributed by atoms with van der Waals surface area (Å²) in [6.45, 7) is 1.98. The first kappa shape index (κ1) is 15.4. The fourth-order valence-corrected chi connectivity index (χ4v) is 5.11. The van der Waals surface area contributed by atoms with Crippen molar-refractivity contribution in [3.8, 4) is 11.3 Å². The van der Waals surface area contributed by atoms with E-state index in [2.05, 4.69) is 52.7 Å². The summed E-state index contributed by atoms with van der Waals surface area (Å²) in [5, 5.41) is 2.15. The third-order valence-electron chi connectivity index (χ3n) is 4.42. The van der Waals surface area contributed by atoms with Gasteiger partial charge in [-0.3, -0.25) is 0 Å². The molecular weight excluding hydrogens is 357 g/mol. The number of nitrogens with zero attached hydrogens (tertiary/aromatic N) is 2. The summed E-state index contributed by atoms with van der Waals surface area (Å²) in [6.07, 6.45) is 3.95. The Kier molecular flexibility index (Phi) is 3.50. The average Bonchev–Trinajstić information content (AvgIpc) is 2.90. The van der Waals surface area contributed by atoms with Gasteiger partial charge in [0.05, 0.1) is 0 Å². The quantitative estimate of drug-likeness (QED) is 0.467. The first-order valence-electron chi connectivity index (χ1n) is 8.18. The number of hydrogen-bond donors (Lipinski definition) is 0. The number of benzene rings is 1. The van der Waals surface area contributed by atoms with Gasteiger partial charge in [0.2, 0.25) is 0 Å². The minimum atomic E-state index is -1.82. The van der Waals surface area contributed by atoms with Crippen LogP contribution in [0, 0.1) is 6.92 Å². The predicted molar refractivity (Wildman–Crippen MR) is 102 cm³/mol. The van der Waals surface area contributed by atoms with Gasteiger partial charge in [-0.2, -0.15) is 0 Å². The van der Waals surface area contributed by atoms with E-state index in [9.17, 15) is 0 Å². The third-order valence-corrected chi connectivity index (χ3v) is 8.67. The van der Waals surface area contributed by atoms with Gasteiger partial charge in [-0.1, -0.05) is 0 Å². The first-order chi connectivity index (χ1) is 11.4. The monoisotopic (exact) mass is 378 g/mol. The molecule has 0 aliphatic rings. The van der Waals surface area contributed by atoms with Crippen molar-refractivity contribution < 1.29 is 4.42 Å². The molecule has 120 valence electrons. The van der Waals surface area contributed by atoms with Crippen molar-refractivity contribution in [1.82, 2.24) is 9.97 Å². The van der Waals surface area contributed by atoms with Gasteiger partial charge in [0, 0.05) is 0 Å². The number of fused-ring (bicyclic) bond motifs is 3. The summed E-state index contributed by atoms with van der Waals surface area (Å²) >= 11 is -1.82. The fraction of sp³-hybridized carbons (Fsp3) is 0.200. The zero-order chi connectivity index (χ0) is 16.9. The van der Waals surface area contributed by atoms with Gasteiger partial charge in [-0.15, -0.1) is 0 Å². The standard InChI is InChI=1S/C20H20GeN2O/c1-13-9-20-17(12-22-13)16-10-14(5-8-19(16)24-20)18-7-6-15(11-23-18)21(2,3)4/h5-12H,1-4H3. The van der Waals surface area contributed by atoms with Gasteiger partial charge in [0.15, 0.2) is 0 Å². The molecular formula is C20H20GeN2O. The van der Waals surface area contributed by atoms with Crippen molar-refractivity contribution in [3.63, 3.8) is 0 Å². The normalized spacial score (nSPS) is 12.2. The zero-order valence-electron chi connectivity index (χ0n) is 14.4. The Labute approximate surface area is 144 Å². The van der Waals surface area contributed by atoms with Crippen LogP contribution < -0.4 is 4.40 Å². The second-order valence-electron chi connectivity index (χ2n) is 7.32. The molecule has 3 aromatic heterocycles. The van der Waals surface area contributed by atoms with Gasteiger partial charge >= 0.3 is 144 Å². The van der Waals surface area contributed by atoms with Crippen LogP contribution in [0.3, 0.4) is 0 Å². The van der Waals surface area contributed by atoms with Gasteiger partial charge in [-0.25, -0.2) is 0 Å². The Morgan fingerprint density at radius 1 is 0.833 bits per heavy atom. The number of rotatable bonds is 2. The second-order valence-corrected chi connectivity index (χ2v) is 18.0. The van der Waals surface area contributed by atoms with Crippen molar-refractivity contribution >= 4 is 39.6 Å². The minimum absolute atomic E-state index is 0.888. The molecule has 0 atom stereocenters. The number of hydrogen-bond acceptors (Lipinski definition) is 3. The fourth-order valence-electron chi connectivity index (χ4n) is 2.94. The molecule has 0 unspecified atom stereocenters. The molecule has 0 aliphatic carbocycles. The molecule has 0 N–H and O–H groups in total. The predicted octanol–water partition coefficient (Wildman–Crippen LogP) is 4.90. The van der Waals surface area contributed by atoms with Crippen LogP contribution in [0.4, 0.5) is 0 Å². The summed E-state index contributed by atoms with van der Waals surface area (Å²) in [6, 6.07) is 12.6. The van der Waals surface area contributed by atoms with E-state index < -0.39 is 13.3 Å². The summed E-state index contributed by atoms with van der Waals surface area (Å²) in [5.41, 5.74) is 4.86. The van der Waals surface area contributed by atoms with Crippen LogP contribution in [0.5, 0.6) is 0 Å². The molecule has 1 aromatic carbocycles. The van der Waals surface area contributed by atoms with E-state index in [0.717, 1.165) is 38.9 Å². The van der Waals surface area contributed by atoms with Crippen molar-refractivity contribution in [2.75, 3.05) is 0 Å². The van der Waals surface area contributed by atoms with Crippen molar-refractivity contribution in [3.05, 3.63) is 54.5 Å². The van der Waals surface area contributed by atoms with Crippen molar-refractivity contribution in [2.24, 2.45) is 0 Å². The number of pyridine rings is 2. The van der Waals surface area contributed by atoms with E-state index in [0.29, 0.717) is 0 Å². The molecule has 4 aromatic rings. The summed E-state index contributed by atoms with van der Waals surface area (Å²) in [4.78, 5) is 9.10. The Morgan fingerprint density at radius 3 is 2.38 bits per heavy atom. The molecule has 0 fully saturated rings. The van der Waals surface area contributed by atoms with Crippen molar-refractivity contribution in [2.45, 2.75) is 24.2 Å². The maximum absolute atomic E-state index is 5.94. The molecule has 4 heteroatoms. The summed E-state index contributed by atoms with van der Waals surface area (Å²) < 4.78 is 7.36. The van der Waals surface area contributed by atoms with E-state index in [1.165, 1.54) is 4.40 Å². The molecule has 24 heavy (non-hydrogen) atoms. The molecule has 3 nitrogen and oxygen atoms in total. The Balaban J connectivity index is 1.84. The molecule has 0 saturated carbocycles. The van der Waals surface area contributed by atoms with Gasteiger partial charge < -0.3 is 0 Å². The number of aryl methyl sites for hydroxylation is 1. The number of furan rings is 1.